The molecule has 98 valence electrons. The van der Waals surface area contributed by atoms with Crippen molar-refractivity contribution >= 4 is 10.0 Å². The average Bonchev–Trinajstić information content (AvgIpc) is 2.28. The van der Waals surface area contributed by atoms with Crippen molar-refractivity contribution in [3.05, 3.63) is 35.4 Å². The van der Waals surface area contributed by atoms with E-state index in [0.717, 1.165) is 0 Å². The molecule has 0 saturated heterocycles. The molecule has 0 aliphatic rings. The van der Waals surface area contributed by atoms with Crippen LogP contribution in [-0.2, 0) is 15.8 Å². The molecule has 0 fully saturated rings. The smallest absolute Gasteiger partial charge is 0.216 e. The molecule has 6 heteroatoms. The molecule has 5 nitrogen and oxygen atoms in total. The Morgan fingerprint density at radius 1 is 1.33 bits per heavy atom. The fraction of sp³-hybridized carbons (Fsp3) is 0.417. The summed E-state index contributed by atoms with van der Waals surface area (Å²) in [4.78, 5) is 0. The van der Waals surface area contributed by atoms with Gasteiger partial charge in [-0.3, -0.25) is 0 Å². The molecule has 1 aromatic carbocycles. The molecule has 1 aromatic rings. The zero-order valence-corrected chi connectivity index (χ0v) is 11.2. The molecule has 0 spiro atoms. The highest BCUT2D eigenvalue weighted by Crippen LogP contribution is 2.10. The van der Waals surface area contributed by atoms with E-state index in [4.69, 9.17) is 10.4 Å². The number of hydrogen-bond acceptors (Lipinski definition) is 4. The molecule has 0 aliphatic heterocycles. The highest BCUT2D eigenvalue weighted by atomic mass is 32.2. The van der Waals surface area contributed by atoms with Crippen molar-refractivity contribution < 1.29 is 13.5 Å². The summed E-state index contributed by atoms with van der Waals surface area (Å²) in [5.74, 6) is -0.178. The molecule has 0 amide bonds. The van der Waals surface area contributed by atoms with Gasteiger partial charge in [0.1, 0.15) is 0 Å². The van der Waals surface area contributed by atoms with Crippen LogP contribution in [0.15, 0.2) is 24.3 Å². The second kappa shape index (κ2) is 5.48. The summed E-state index contributed by atoms with van der Waals surface area (Å²) in [6.07, 6.45) is 0. The van der Waals surface area contributed by atoms with Crippen molar-refractivity contribution in [2.24, 2.45) is 0 Å². The Morgan fingerprint density at radius 2 is 1.89 bits per heavy atom. The van der Waals surface area contributed by atoms with Gasteiger partial charge in [-0.2, -0.15) is 5.26 Å². The lowest BCUT2D eigenvalue weighted by Gasteiger charge is -2.23. The van der Waals surface area contributed by atoms with Gasteiger partial charge in [-0.1, -0.05) is 12.1 Å². The first-order valence-electron chi connectivity index (χ1n) is 5.39. The SMILES string of the molecule is CC(C)(CO)NS(=O)(=O)Cc1ccc(C#N)cc1. The number of benzene rings is 1. The third kappa shape index (κ3) is 4.45. The largest absolute Gasteiger partial charge is 0.394 e. The van der Waals surface area contributed by atoms with Crippen molar-refractivity contribution in [3.8, 4) is 6.07 Å². The minimum atomic E-state index is -3.52. The van der Waals surface area contributed by atoms with Crippen LogP contribution < -0.4 is 4.72 Å². The van der Waals surface area contributed by atoms with E-state index in [9.17, 15) is 8.42 Å². The molecule has 0 heterocycles. The molecule has 0 saturated carbocycles. The molecule has 0 bridgehead atoms. The third-order valence-electron chi connectivity index (χ3n) is 2.27. The van der Waals surface area contributed by atoms with Crippen molar-refractivity contribution in [2.45, 2.75) is 25.1 Å². The first kappa shape index (κ1) is 14.6. The Kier molecular flexibility index (Phi) is 4.46. The van der Waals surface area contributed by atoms with Crippen LogP contribution in [0.4, 0.5) is 0 Å². The average molecular weight is 268 g/mol. The van der Waals surface area contributed by atoms with E-state index in [1.807, 2.05) is 6.07 Å². The summed E-state index contributed by atoms with van der Waals surface area (Å²) in [5, 5.41) is 17.7. The summed E-state index contributed by atoms with van der Waals surface area (Å²) in [5.41, 5.74) is 0.195. The minimum Gasteiger partial charge on any atom is -0.394 e. The Balaban J connectivity index is 2.80. The van der Waals surface area contributed by atoms with Crippen LogP contribution in [0.25, 0.3) is 0 Å². The van der Waals surface area contributed by atoms with Crippen LogP contribution in [-0.4, -0.2) is 25.7 Å². The highest BCUT2D eigenvalue weighted by Gasteiger charge is 2.24. The lowest BCUT2D eigenvalue weighted by atomic mass is 10.1. The molecule has 0 aromatic heterocycles. The van der Waals surface area contributed by atoms with Crippen molar-refractivity contribution in [1.29, 1.82) is 5.26 Å². The van der Waals surface area contributed by atoms with Gasteiger partial charge >= 0.3 is 0 Å². The fourth-order valence-electron chi connectivity index (χ4n) is 1.38. The van der Waals surface area contributed by atoms with Crippen LogP contribution in [0, 0.1) is 11.3 Å². The number of nitrogens with one attached hydrogen (secondary N) is 1. The topological polar surface area (TPSA) is 90.2 Å². The number of nitriles is 1. The van der Waals surface area contributed by atoms with E-state index in [2.05, 4.69) is 4.72 Å². The Labute approximate surface area is 107 Å². The van der Waals surface area contributed by atoms with Crippen LogP contribution in [0.3, 0.4) is 0 Å². The quantitative estimate of drug-likeness (QED) is 0.824. The molecule has 0 aliphatic carbocycles. The predicted molar refractivity (Wildman–Crippen MR) is 68.1 cm³/mol. The Bertz CT molecular complexity index is 542. The van der Waals surface area contributed by atoms with Crippen molar-refractivity contribution in [3.63, 3.8) is 0 Å². The molecule has 1 rings (SSSR count). The lowest BCUT2D eigenvalue weighted by Crippen LogP contribution is -2.46. The first-order chi connectivity index (χ1) is 8.28. The van der Waals surface area contributed by atoms with Gasteiger partial charge in [0.05, 0.1) is 29.5 Å². The van der Waals surface area contributed by atoms with Crippen molar-refractivity contribution in [2.75, 3.05) is 6.61 Å². The number of sulfonamides is 1. The molecule has 0 unspecified atom stereocenters. The second-order valence-corrected chi connectivity index (χ2v) is 6.43. The van der Waals surface area contributed by atoms with Crippen LogP contribution >= 0.6 is 0 Å². The third-order valence-corrected chi connectivity index (χ3v) is 3.84. The number of aliphatic hydroxyl groups is 1. The van der Waals surface area contributed by atoms with Crippen LogP contribution in [0.5, 0.6) is 0 Å². The van der Waals surface area contributed by atoms with E-state index < -0.39 is 15.6 Å². The normalized spacial score (nSPS) is 12.1. The Hall–Kier alpha value is -1.42. The predicted octanol–water partition coefficient (Wildman–Crippen LogP) is 0.749. The monoisotopic (exact) mass is 268 g/mol. The summed E-state index contributed by atoms with van der Waals surface area (Å²) < 4.78 is 26.1. The van der Waals surface area contributed by atoms with Crippen LogP contribution in [0.1, 0.15) is 25.0 Å². The van der Waals surface area contributed by atoms with Gasteiger partial charge in [0.25, 0.3) is 0 Å². The Morgan fingerprint density at radius 3 is 2.33 bits per heavy atom. The summed E-state index contributed by atoms with van der Waals surface area (Å²) in [6.45, 7) is 2.92. The van der Waals surface area contributed by atoms with Crippen LogP contribution in [0.2, 0.25) is 0 Å². The molecule has 0 atom stereocenters. The van der Waals surface area contributed by atoms with Gasteiger partial charge in [-0.25, -0.2) is 13.1 Å². The molecule has 18 heavy (non-hydrogen) atoms. The second-order valence-electron chi connectivity index (χ2n) is 4.71. The lowest BCUT2D eigenvalue weighted by molar-refractivity contribution is 0.208. The summed E-state index contributed by atoms with van der Waals surface area (Å²) >= 11 is 0. The van der Waals surface area contributed by atoms with E-state index in [1.165, 1.54) is 0 Å². The number of hydrogen-bond donors (Lipinski definition) is 2. The molecule has 0 radical (unpaired) electrons. The molecular formula is C12H16N2O3S. The van der Waals surface area contributed by atoms with Gasteiger partial charge in [0.2, 0.25) is 10.0 Å². The standard InChI is InChI=1S/C12H16N2O3S/c1-12(2,9-15)14-18(16,17)8-11-5-3-10(7-13)4-6-11/h3-6,14-15H,8-9H2,1-2H3. The number of rotatable bonds is 5. The van der Waals surface area contributed by atoms with E-state index >= 15 is 0 Å². The minimum absolute atomic E-state index is 0.178. The maximum absolute atomic E-state index is 11.8. The van der Waals surface area contributed by atoms with E-state index in [0.29, 0.717) is 11.1 Å². The number of nitrogens with zero attached hydrogens (tertiary/aromatic N) is 1. The van der Waals surface area contributed by atoms with E-state index in [-0.39, 0.29) is 12.4 Å². The van der Waals surface area contributed by atoms with Crippen molar-refractivity contribution in [1.82, 2.24) is 4.72 Å². The summed E-state index contributed by atoms with van der Waals surface area (Å²) in [7, 11) is -3.52. The number of aliphatic hydroxyl groups excluding tert-OH is 1. The van der Waals surface area contributed by atoms with Gasteiger partial charge in [-0.15, -0.1) is 0 Å². The maximum Gasteiger partial charge on any atom is 0.216 e. The molecule has 2 N–H and O–H groups in total. The highest BCUT2D eigenvalue weighted by molar-refractivity contribution is 7.88. The van der Waals surface area contributed by atoms with Gasteiger partial charge in [0.15, 0.2) is 0 Å². The fourth-order valence-corrected chi connectivity index (χ4v) is 2.99. The molecular weight excluding hydrogens is 252 g/mol. The van der Waals surface area contributed by atoms with Gasteiger partial charge in [-0.05, 0) is 31.5 Å². The maximum atomic E-state index is 11.8. The zero-order chi connectivity index (χ0) is 13.8. The van der Waals surface area contributed by atoms with Gasteiger partial charge < -0.3 is 5.11 Å². The zero-order valence-electron chi connectivity index (χ0n) is 10.3. The van der Waals surface area contributed by atoms with Gasteiger partial charge in [0, 0.05) is 0 Å². The first-order valence-corrected chi connectivity index (χ1v) is 7.05. The summed E-state index contributed by atoms with van der Waals surface area (Å²) in [6, 6.07) is 8.31. The van der Waals surface area contributed by atoms with E-state index in [1.54, 1.807) is 38.1 Å².